The molecule has 86 valence electrons. The lowest BCUT2D eigenvalue weighted by Gasteiger charge is -2.01. The number of oxime groups is 1. The van der Waals surface area contributed by atoms with Crippen molar-refractivity contribution < 1.29 is 19.3 Å². The number of esters is 1. The summed E-state index contributed by atoms with van der Waals surface area (Å²) in [6, 6.07) is 0. The van der Waals surface area contributed by atoms with Gasteiger partial charge in [0.2, 0.25) is 6.33 Å². The Hall–Kier alpha value is -2.45. The predicted octanol–water partition coefficient (Wildman–Crippen LogP) is -0.228. The molecule has 0 spiro atoms. The van der Waals surface area contributed by atoms with E-state index < -0.39 is 16.7 Å². The smallest absolute Gasteiger partial charge is 0.381 e. The van der Waals surface area contributed by atoms with Crippen LogP contribution >= 0.6 is 0 Å². The van der Waals surface area contributed by atoms with E-state index in [1.165, 1.54) is 7.11 Å². The third kappa shape index (κ3) is 2.32. The van der Waals surface area contributed by atoms with Crippen LogP contribution in [0.4, 0.5) is 5.82 Å². The van der Waals surface area contributed by atoms with Gasteiger partial charge < -0.3 is 19.7 Å². The molecule has 0 unspecified atom stereocenters. The van der Waals surface area contributed by atoms with E-state index in [1.807, 2.05) is 0 Å². The molecule has 0 bridgehead atoms. The van der Waals surface area contributed by atoms with Gasteiger partial charge in [-0.15, -0.1) is 0 Å². The van der Waals surface area contributed by atoms with Crippen LogP contribution in [-0.4, -0.2) is 40.5 Å². The van der Waals surface area contributed by atoms with Crippen molar-refractivity contribution in [2.75, 3.05) is 14.2 Å². The van der Waals surface area contributed by atoms with Gasteiger partial charge in [0.1, 0.15) is 13.3 Å². The molecule has 0 atom stereocenters. The molecule has 1 rings (SSSR count). The first kappa shape index (κ1) is 11.6. The maximum Gasteiger partial charge on any atom is 0.381 e. The molecule has 0 saturated heterocycles. The van der Waals surface area contributed by atoms with E-state index in [-0.39, 0.29) is 5.84 Å². The summed E-state index contributed by atoms with van der Waals surface area (Å²) in [6.45, 7) is 0. The maximum atomic E-state index is 11.2. The fourth-order valence-corrected chi connectivity index (χ4v) is 0.890. The number of nitro groups is 1. The molecule has 0 radical (unpaired) electrons. The van der Waals surface area contributed by atoms with Crippen molar-refractivity contribution in [1.29, 1.82) is 0 Å². The molecule has 0 amide bonds. The Morgan fingerprint density at radius 2 is 2.31 bits per heavy atom. The van der Waals surface area contributed by atoms with Crippen LogP contribution in [0.5, 0.6) is 0 Å². The molecular weight excluding hydrogens is 220 g/mol. The highest BCUT2D eigenvalue weighted by Gasteiger charge is 2.20. The van der Waals surface area contributed by atoms with Crippen molar-refractivity contribution in [3.8, 4) is 0 Å². The summed E-state index contributed by atoms with van der Waals surface area (Å²) < 4.78 is 5.46. The number of hydrogen-bond donors (Lipinski definition) is 0. The van der Waals surface area contributed by atoms with Gasteiger partial charge in [-0.2, -0.15) is 0 Å². The zero-order valence-corrected chi connectivity index (χ0v) is 8.48. The van der Waals surface area contributed by atoms with E-state index in [1.54, 1.807) is 0 Å². The molecule has 0 aliphatic carbocycles. The molecular formula is C7H8N4O5. The first-order chi connectivity index (χ1) is 7.60. The van der Waals surface area contributed by atoms with Gasteiger partial charge in [0.15, 0.2) is 0 Å². The van der Waals surface area contributed by atoms with Crippen molar-refractivity contribution in [1.82, 2.24) is 9.55 Å². The maximum absolute atomic E-state index is 11.2. The summed E-state index contributed by atoms with van der Waals surface area (Å²) in [5.74, 6) is -1.47. The fourth-order valence-electron chi connectivity index (χ4n) is 0.890. The molecule has 1 aromatic heterocycles. The van der Waals surface area contributed by atoms with Crippen molar-refractivity contribution in [3.05, 3.63) is 22.6 Å². The van der Waals surface area contributed by atoms with Gasteiger partial charge in [-0.3, -0.25) is 4.57 Å². The predicted molar refractivity (Wildman–Crippen MR) is 50.7 cm³/mol. The largest absolute Gasteiger partial charge is 0.463 e. The number of rotatable bonds is 2. The minimum Gasteiger partial charge on any atom is -0.463 e. The minimum absolute atomic E-state index is 0.259. The van der Waals surface area contributed by atoms with E-state index in [4.69, 9.17) is 0 Å². The van der Waals surface area contributed by atoms with Crippen LogP contribution in [0.1, 0.15) is 0 Å². The molecule has 9 nitrogen and oxygen atoms in total. The number of carbonyl (C=O) groups excluding carboxylic acids is 1. The van der Waals surface area contributed by atoms with Gasteiger partial charge in [0.05, 0.1) is 7.11 Å². The van der Waals surface area contributed by atoms with Gasteiger partial charge in [0.25, 0.3) is 5.84 Å². The lowest BCUT2D eigenvalue weighted by molar-refractivity contribution is -0.389. The Morgan fingerprint density at radius 1 is 1.62 bits per heavy atom. The first-order valence-corrected chi connectivity index (χ1v) is 3.98. The summed E-state index contributed by atoms with van der Waals surface area (Å²) in [5, 5.41) is 13.8. The lowest BCUT2D eigenvalue weighted by Crippen LogP contribution is -2.23. The summed E-state index contributed by atoms with van der Waals surface area (Å²) >= 11 is 0. The van der Waals surface area contributed by atoms with Crippen molar-refractivity contribution >= 4 is 17.6 Å². The van der Waals surface area contributed by atoms with E-state index in [2.05, 4.69) is 19.7 Å². The molecule has 0 saturated carbocycles. The second-order valence-electron chi connectivity index (χ2n) is 2.49. The normalized spacial score (nSPS) is 11.0. The Kier molecular flexibility index (Phi) is 3.53. The molecule has 1 heterocycles. The SMILES string of the molecule is CO/N=C(\C(=O)OC)n1cnc([N+](=O)[O-])c1. The number of carbonyl (C=O) groups is 1. The van der Waals surface area contributed by atoms with Crippen LogP contribution < -0.4 is 0 Å². The van der Waals surface area contributed by atoms with Crippen LogP contribution in [0.15, 0.2) is 17.7 Å². The van der Waals surface area contributed by atoms with E-state index in [0.717, 1.165) is 24.2 Å². The number of nitrogens with zero attached hydrogens (tertiary/aromatic N) is 4. The Balaban J connectivity index is 3.07. The van der Waals surface area contributed by atoms with Gasteiger partial charge >= 0.3 is 11.8 Å². The summed E-state index contributed by atoms with van der Waals surface area (Å²) in [4.78, 5) is 28.8. The molecule has 1 aromatic rings. The van der Waals surface area contributed by atoms with Crippen LogP contribution in [-0.2, 0) is 14.4 Å². The monoisotopic (exact) mass is 228 g/mol. The topological polar surface area (TPSA) is 109 Å². The van der Waals surface area contributed by atoms with Crippen LogP contribution in [0, 0.1) is 10.1 Å². The highest BCUT2D eigenvalue weighted by Crippen LogP contribution is 2.06. The Labute approximate surface area is 89.4 Å². The molecule has 0 aromatic carbocycles. The minimum atomic E-state index is -0.797. The number of imidazole rings is 1. The summed E-state index contributed by atoms with van der Waals surface area (Å²) in [5.41, 5.74) is 0. The third-order valence-electron chi connectivity index (χ3n) is 1.55. The molecule has 0 N–H and O–H groups in total. The highest BCUT2D eigenvalue weighted by atomic mass is 16.6. The van der Waals surface area contributed by atoms with Gasteiger partial charge in [-0.25, -0.2) is 4.79 Å². The van der Waals surface area contributed by atoms with Crippen LogP contribution in [0.25, 0.3) is 0 Å². The molecule has 9 heteroatoms. The zero-order chi connectivity index (χ0) is 12.1. The summed E-state index contributed by atoms with van der Waals surface area (Å²) in [7, 11) is 2.38. The third-order valence-corrected chi connectivity index (χ3v) is 1.55. The molecule has 0 aliphatic rings. The van der Waals surface area contributed by atoms with E-state index in [0.29, 0.717) is 0 Å². The zero-order valence-electron chi connectivity index (χ0n) is 8.48. The Bertz CT molecular complexity index is 438. The summed E-state index contributed by atoms with van der Waals surface area (Å²) in [6.07, 6.45) is 2.08. The quantitative estimate of drug-likeness (QED) is 0.227. The number of aromatic nitrogens is 2. The number of hydrogen-bond acceptors (Lipinski definition) is 7. The lowest BCUT2D eigenvalue weighted by atomic mass is 10.6. The average Bonchev–Trinajstić information content (AvgIpc) is 2.74. The van der Waals surface area contributed by atoms with Crippen LogP contribution in [0.3, 0.4) is 0 Å². The second kappa shape index (κ2) is 4.87. The average molecular weight is 228 g/mol. The van der Waals surface area contributed by atoms with Crippen LogP contribution in [0.2, 0.25) is 0 Å². The second-order valence-corrected chi connectivity index (χ2v) is 2.49. The highest BCUT2D eigenvalue weighted by molar-refractivity contribution is 6.35. The molecule has 0 fully saturated rings. The van der Waals surface area contributed by atoms with Crippen molar-refractivity contribution in [3.63, 3.8) is 0 Å². The molecule has 0 aliphatic heterocycles. The Morgan fingerprint density at radius 3 is 2.75 bits per heavy atom. The van der Waals surface area contributed by atoms with Gasteiger partial charge in [0, 0.05) is 0 Å². The van der Waals surface area contributed by atoms with E-state index in [9.17, 15) is 14.9 Å². The number of ether oxygens (including phenoxy) is 1. The van der Waals surface area contributed by atoms with Crippen molar-refractivity contribution in [2.45, 2.75) is 0 Å². The number of methoxy groups -OCH3 is 1. The first-order valence-electron chi connectivity index (χ1n) is 3.98. The van der Waals surface area contributed by atoms with Gasteiger partial charge in [-0.05, 0) is 9.91 Å². The van der Waals surface area contributed by atoms with Crippen molar-refractivity contribution in [2.24, 2.45) is 5.16 Å². The standard InChI is InChI=1S/C7H8N4O5/c1-15-7(12)6(9-16-2)10-3-5(8-4-10)11(13)14/h3-4H,1-2H3/b9-6+. The van der Waals surface area contributed by atoms with E-state index >= 15 is 0 Å². The van der Waals surface area contributed by atoms with Gasteiger partial charge in [-0.1, -0.05) is 5.16 Å². The molecule has 16 heavy (non-hydrogen) atoms. The fraction of sp³-hybridized carbons (Fsp3) is 0.286.